The Kier molecular flexibility index (Phi) is 6.00. The van der Waals surface area contributed by atoms with Crippen LogP contribution in [0.15, 0.2) is 48.5 Å². The number of benzene rings is 2. The first-order valence-corrected chi connectivity index (χ1v) is 8.97. The summed E-state index contributed by atoms with van der Waals surface area (Å²) in [5, 5.41) is 20.3. The van der Waals surface area contributed by atoms with E-state index in [1.807, 2.05) is 30.3 Å². The Labute approximate surface area is 154 Å². The second-order valence-corrected chi connectivity index (χ2v) is 7.06. The first kappa shape index (κ1) is 16.6. The molecule has 0 aliphatic rings. The lowest BCUT2D eigenvalue weighted by atomic mass is 9.86. The predicted octanol–water partition coefficient (Wildman–Crippen LogP) is 4.53. The van der Waals surface area contributed by atoms with Crippen molar-refractivity contribution in [3.8, 4) is 5.75 Å². The van der Waals surface area contributed by atoms with Gasteiger partial charge >= 0.3 is 0 Å². The van der Waals surface area contributed by atoms with Crippen molar-refractivity contribution in [2.75, 3.05) is 6.54 Å². The molecule has 0 saturated heterocycles. The molecular formula is C22H31NO2. The van der Waals surface area contributed by atoms with Crippen LogP contribution in [0.25, 0.3) is 0 Å². The van der Waals surface area contributed by atoms with Gasteiger partial charge in [-0.3, -0.25) is 4.90 Å². The van der Waals surface area contributed by atoms with Gasteiger partial charge in [0.25, 0.3) is 0 Å². The molecule has 136 valence electrons. The first-order chi connectivity index (χ1) is 12.6. The summed E-state index contributed by atoms with van der Waals surface area (Å²) in [5.41, 5.74) is 1.86. The summed E-state index contributed by atoms with van der Waals surface area (Å²) in [6.45, 7) is 7.12. The van der Waals surface area contributed by atoms with E-state index in [1.54, 1.807) is 6.07 Å². The van der Waals surface area contributed by atoms with Crippen molar-refractivity contribution in [3.05, 3.63) is 65.2 Å². The van der Waals surface area contributed by atoms with Gasteiger partial charge in [-0.05, 0) is 63.9 Å². The Hall–Kier alpha value is -1.84. The fourth-order valence-corrected chi connectivity index (χ4v) is 3.48. The van der Waals surface area contributed by atoms with E-state index >= 15 is 0 Å². The van der Waals surface area contributed by atoms with Crippen LogP contribution in [0.1, 0.15) is 59.5 Å². The highest BCUT2D eigenvalue weighted by molar-refractivity contribution is 5.43. The lowest BCUT2D eigenvalue weighted by Gasteiger charge is -2.32. The number of hydrogen-bond donors (Lipinski definition) is 2. The molecule has 0 aliphatic heterocycles. The summed E-state index contributed by atoms with van der Waals surface area (Å²) in [5.74, 6) is 0.0333. The van der Waals surface area contributed by atoms with Crippen LogP contribution in [0, 0.1) is 0 Å². The van der Waals surface area contributed by atoms with E-state index in [1.165, 1.54) is 12.1 Å². The molecule has 0 radical (unpaired) electrons. The normalized spacial score (nSPS) is 14.7. The molecule has 0 bridgehead atoms. The highest BCUT2D eigenvalue weighted by Gasteiger charge is 2.21. The van der Waals surface area contributed by atoms with Crippen LogP contribution in [0.5, 0.6) is 5.75 Å². The molecule has 3 nitrogen and oxygen atoms in total. The second kappa shape index (κ2) is 9.02. The summed E-state index contributed by atoms with van der Waals surface area (Å²) in [4.78, 5) is 2.40. The van der Waals surface area contributed by atoms with Crippen LogP contribution in [-0.4, -0.2) is 33.7 Å². The van der Waals surface area contributed by atoms with Crippen LogP contribution in [-0.2, 0) is 6.56 Å². The lowest BCUT2D eigenvalue weighted by molar-refractivity contribution is 0.170. The predicted molar refractivity (Wildman–Crippen MR) is 104 cm³/mol. The average molecular weight is 344 g/mol. The molecule has 0 saturated carbocycles. The van der Waals surface area contributed by atoms with Gasteiger partial charge < -0.3 is 10.2 Å². The molecule has 3 heteroatoms. The van der Waals surface area contributed by atoms with Gasteiger partial charge in [-0.2, -0.15) is 0 Å². The zero-order valence-corrected chi connectivity index (χ0v) is 15.6. The van der Waals surface area contributed by atoms with Gasteiger partial charge in [-0.15, -0.1) is 0 Å². The standard InChI is InChI=1S/C22H31NO2/c1-16(2)23(17(3)4)13-12-20(19-8-6-5-7-9-19)21-14-18(15-24)10-11-22(21)25/h5-11,14,16-17,20,24-25H,12-13,15H2,1-4H3/t20-/m1/s1/i15D2. The van der Waals surface area contributed by atoms with Gasteiger partial charge in [-0.1, -0.05) is 36.4 Å². The number of aromatic hydroxyl groups is 1. The van der Waals surface area contributed by atoms with Crippen molar-refractivity contribution in [1.29, 1.82) is 0 Å². The van der Waals surface area contributed by atoms with Crippen molar-refractivity contribution < 1.29 is 13.0 Å². The number of aliphatic hydroxyl groups is 1. The molecule has 2 rings (SSSR count). The summed E-state index contributed by atoms with van der Waals surface area (Å²) < 4.78 is 15.2. The van der Waals surface area contributed by atoms with Gasteiger partial charge in [0.15, 0.2) is 0 Å². The Morgan fingerprint density at radius 1 is 1.00 bits per heavy atom. The zero-order chi connectivity index (χ0) is 20.2. The Balaban J connectivity index is 2.42. The molecule has 0 aromatic heterocycles. The summed E-state index contributed by atoms with van der Waals surface area (Å²) in [6, 6.07) is 15.3. The van der Waals surface area contributed by atoms with Gasteiger partial charge in [0.2, 0.25) is 0 Å². The van der Waals surface area contributed by atoms with Gasteiger partial charge in [-0.25, -0.2) is 0 Å². The highest BCUT2D eigenvalue weighted by Crippen LogP contribution is 2.35. The minimum atomic E-state index is -2.44. The molecule has 2 aromatic rings. The van der Waals surface area contributed by atoms with Gasteiger partial charge in [0, 0.05) is 23.6 Å². The summed E-state index contributed by atoms with van der Waals surface area (Å²) in [6.07, 6.45) is 0.784. The fraction of sp³-hybridized carbons (Fsp3) is 0.455. The zero-order valence-electron chi connectivity index (χ0n) is 17.6. The maximum atomic E-state index is 10.5. The number of phenolic OH excluding ortho intramolecular Hbond substituents is 1. The van der Waals surface area contributed by atoms with Crippen molar-refractivity contribution in [2.45, 2.75) is 58.7 Å². The monoisotopic (exact) mass is 343 g/mol. The number of nitrogens with zero attached hydrogens (tertiary/aromatic N) is 1. The van der Waals surface area contributed by atoms with E-state index in [2.05, 4.69) is 32.6 Å². The highest BCUT2D eigenvalue weighted by atomic mass is 16.3. The number of phenols is 1. The largest absolute Gasteiger partial charge is 0.508 e. The van der Waals surface area contributed by atoms with Crippen molar-refractivity contribution in [3.63, 3.8) is 0 Å². The lowest BCUT2D eigenvalue weighted by Crippen LogP contribution is -2.38. The molecule has 2 aromatic carbocycles. The number of hydrogen-bond acceptors (Lipinski definition) is 3. The van der Waals surface area contributed by atoms with E-state index in [0.29, 0.717) is 17.6 Å². The van der Waals surface area contributed by atoms with Crippen LogP contribution >= 0.6 is 0 Å². The van der Waals surface area contributed by atoms with Crippen molar-refractivity contribution in [1.82, 2.24) is 4.90 Å². The Bertz CT molecular complexity index is 719. The first-order valence-electron chi connectivity index (χ1n) is 9.97. The average Bonchev–Trinajstić information content (AvgIpc) is 2.58. The minimum absolute atomic E-state index is 0.0894. The Morgan fingerprint density at radius 3 is 2.20 bits per heavy atom. The van der Waals surface area contributed by atoms with E-state index in [-0.39, 0.29) is 17.2 Å². The molecule has 0 spiro atoms. The second-order valence-electron chi connectivity index (χ2n) is 7.06. The summed E-state index contributed by atoms with van der Waals surface area (Å²) in [7, 11) is 0. The van der Waals surface area contributed by atoms with E-state index in [0.717, 1.165) is 18.5 Å². The molecular weight excluding hydrogens is 310 g/mol. The third-order valence-electron chi connectivity index (χ3n) is 4.74. The molecule has 0 fully saturated rings. The smallest absolute Gasteiger partial charge is 0.119 e. The van der Waals surface area contributed by atoms with Crippen molar-refractivity contribution in [2.24, 2.45) is 0 Å². The van der Waals surface area contributed by atoms with Gasteiger partial charge in [0.05, 0.1) is 9.30 Å². The van der Waals surface area contributed by atoms with Gasteiger partial charge in [0.1, 0.15) is 5.75 Å². The molecule has 0 aliphatic carbocycles. The molecule has 1 atom stereocenters. The third-order valence-corrected chi connectivity index (χ3v) is 4.74. The quantitative estimate of drug-likeness (QED) is 0.740. The van der Waals surface area contributed by atoms with E-state index in [9.17, 15) is 10.2 Å². The topological polar surface area (TPSA) is 43.7 Å². The molecule has 0 unspecified atom stereocenters. The molecule has 0 heterocycles. The maximum absolute atomic E-state index is 10.5. The van der Waals surface area contributed by atoms with Crippen LogP contribution in [0.2, 0.25) is 0 Å². The number of rotatable bonds is 8. The molecule has 25 heavy (non-hydrogen) atoms. The SMILES string of the molecule is [2H]C([2H])(O)c1ccc(O)c([C@H](CCN(C(C)C)C(C)C)c2ccccc2)c1. The molecule has 2 N–H and O–H groups in total. The third kappa shape index (κ3) is 5.07. The maximum Gasteiger partial charge on any atom is 0.119 e. The Morgan fingerprint density at radius 2 is 1.64 bits per heavy atom. The van der Waals surface area contributed by atoms with Crippen LogP contribution in [0.4, 0.5) is 0 Å². The van der Waals surface area contributed by atoms with Crippen LogP contribution in [0.3, 0.4) is 0 Å². The van der Waals surface area contributed by atoms with E-state index in [4.69, 9.17) is 2.74 Å². The minimum Gasteiger partial charge on any atom is -0.508 e. The fourth-order valence-electron chi connectivity index (χ4n) is 3.48. The van der Waals surface area contributed by atoms with Crippen LogP contribution < -0.4 is 0 Å². The summed E-state index contributed by atoms with van der Waals surface area (Å²) >= 11 is 0. The van der Waals surface area contributed by atoms with E-state index < -0.39 is 6.56 Å². The van der Waals surface area contributed by atoms with Crippen molar-refractivity contribution >= 4 is 0 Å². The molecule has 0 amide bonds.